The van der Waals surface area contributed by atoms with Crippen LogP contribution in [0, 0.1) is 18.8 Å². The van der Waals surface area contributed by atoms with Crippen LogP contribution in [-0.2, 0) is 6.42 Å². The summed E-state index contributed by atoms with van der Waals surface area (Å²) in [5, 5.41) is 0. The standard InChI is InChI=1S/C26H33N3O2/c1-18-9-10-27-15-23(18)26(30)28-16-20-14-21(17-28)25(29-11-4-3-8-24(20)29)13-19-6-5-7-22(12-19)31-2/h5-7,9-10,12,15,20-21,24-25H,3-4,8,11,13-14,16-17H2,1-2H3/t20-,21+,24+,25+/m1/s1. The summed E-state index contributed by atoms with van der Waals surface area (Å²) in [4.78, 5) is 22.6. The third-order valence-corrected chi connectivity index (χ3v) is 7.76. The number of carbonyl (C=O) groups excluding carboxylic acids is 1. The van der Waals surface area contributed by atoms with Crippen LogP contribution in [0.2, 0.25) is 0 Å². The van der Waals surface area contributed by atoms with E-state index in [4.69, 9.17) is 4.74 Å². The summed E-state index contributed by atoms with van der Waals surface area (Å²) in [7, 11) is 1.73. The van der Waals surface area contributed by atoms with E-state index in [1.165, 1.54) is 37.8 Å². The Hall–Kier alpha value is -2.40. The molecule has 4 heterocycles. The number of hydrogen-bond acceptors (Lipinski definition) is 4. The molecule has 164 valence electrons. The molecular weight excluding hydrogens is 386 g/mol. The predicted octanol–water partition coefficient (Wildman–Crippen LogP) is 3.96. The van der Waals surface area contributed by atoms with Gasteiger partial charge in [0.25, 0.3) is 5.91 Å². The Bertz CT molecular complexity index is 946. The van der Waals surface area contributed by atoms with Gasteiger partial charge in [-0.15, -0.1) is 0 Å². The van der Waals surface area contributed by atoms with Crippen molar-refractivity contribution in [1.82, 2.24) is 14.8 Å². The molecule has 0 saturated carbocycles. The van der Waals surface area contributed by atoms with Gasteiger partial charge < -0.3 is 9.64 Å². The van der Waals surface area contributed by atoms with Gasteiger partial charge in [0.05, 0.1) is 12.7 Å². The summed E-state index contributed by atoms with van der Waals surface area (Å²) < 4.78 is 5.47. The molecular formula is C26H33N3O2. The lowest BCUT2D eigenvalue weighted by molar-refractivity contribution is -0.0642. The van der Waals surface area contributed by atoms with Crippen LogP contribution in [0.4, 0.5) is 0 Å². The number of piperidine rings is 3. The predicted molar refractivity (Wildman–Crippen MR) is 121 cm³/mol. The van der Waals surface area contributed by atoms with Crippen molar-refractivity contribution in [2.45, 2.75) is 51.1 Å². The zero-order valence-electron chi connectivity index (χ0n) is 18.7. The first-order valence-corrected chi connectivity index (χ1v) is 11.7. The Morgan fingerprint density at radius 2 is 2.06 bits per heavy atom. The zero-order chi connectivity index (χ0) is 21.4. The maximum atomic E-state index is 13.4. The number of benzene rings is 1. The fraction of sp³-hybridized carbons (Fsp3) is 0.538. The lowest BCUT2D eigenvalue weighted by atomic mass is 9.71. The van der Waals surface area contributed by atoms with Crippen molar-refractivity contribution >= 4 is 5.91 Å². The number of hydrogen-bond donors (Lipinski definition) is 0. The van der Waals surface area contributed by atoms with Crippen molar-refractivity contribution in [2.24, 2.45) is 11.8 Å². The van der Waals surface area contributed by atoms with Crippen molar-refractivity contribution in [3.05, 3.63) is 59.4 Å². The van der Waals surface area contributed by atoms with Crippen molar-refractivity contribution in [1.29, 1.82) is 0 Å². The SMILES string of the molecule is COc1cccc(C[C@H]2[C@H]3C[C@H](CN(C(=O)c4cnccc4C)C3)[C@@H]3CCCCN32)c1. The molecule has 5 heteroatoms. The Labute approximate surface area is 185 Å². The summed E-state index contributed by atoms with van der Waals surface area (Å²) in [6, 6.07) is 11.5. The Kier molecular flexibility index (Phi) is 5.70. The van der Waals surface area contributed by atoms with Gasteiger partial charge in [-0.3, -0.25) is 14.7 Å². The highest BCUT2D eigenvalue weighted by Gasteiger charge is 2.47. The molecule has 2 aromatic rings. The van der Waals surface area contributed by atoms with Gasteiger partial charge in [0, 0.05) is 37.6 Å². The number of fused-ring (bicyclic) bond motifs is 4. The average Bonchev–Trinajstić information content (AvgIpc) is 2.81. The smallest absolute Gasteiger partial charge is 0.255 e. The molecule has 0 spiro atoms. The molecule has 0 N–H and O–H groups in total. The second-order valence-electron chi connectivity index (χ2n) is 9.58. The maximum Gasteiger partial charge on any atom is 0.255 e. The second kappa shape index (κ2) is 8.62. The summed E-state index contributed by atoms with van der Waals surface area (Å²) in [6.07, 6.45) is 9.64. The lowest BCUT2D eigenvalue weighted by Crippen LogP contribution is -2.64. The minimum Gasteiger partial charge on any atom is -0.497 e. The normalized spacial score (nSPS) is 28.1. The highest BCUT2D eigenvalue weighted by Crippen LogP contribution is 2.42. The molecule has 3 fully saturated rings. The molecule has 4 atom stereocenters. The minimum atomic E-state index is 0.157. The van der Waals surface area contributed by atoms with E-state index in [0.29, 0.717) is 23.9 Å². The number of nitrogens with zero attached hydrogens (tertiary/aromatic N) is 3. The maximum absolute atomic E-state index is 13.4. The van der Waals surface area contributed by atoms with Gasteiger partial charge >= 0.3 is 0 Å². The highest BCUT2D eigenvalue weighted by molar-refractivity contribution is 5.95. The van der Waals surface area contributed by atoms with Gasteiger partial charge in [0.2, 0.25) is 0 Å². The first kappa shape index (κ1) is 20.5. The van der Waals surface area contributed by atoms with E-state index >= 15 is 0 Å². The van der Waals surface area contributed by atoms with Crippen LogP contribution < -0.4 is 4.74 Å². The third-order valence-electron chi connectivity index (χ3n) is 7.76. The number of ether oxygens (including phenoxy) is 1. The van der Waals surface area contributed by atoms with Gasteiger partial charge in [-0.05, 0) is 80.3 Å². The van der Waals surface area contributed by atoms with E-state index in [0.717, 1.165) is 36.4 Å². The molecule has 2 bridgehead atoms. The Morgan fingerprint density at radius 1 is 1.19 bits per heavy atom. The number of pyridine rings is 1. The van der Waals surface area contributed by atoms with E-state index in [-0.39, 0.29) is 5.91 Å². The van der Waals surface area contributed by atoms with Gasteiger partial charge in [0.1, 0.15) is 5.75 Å². The molecule has 5 rings (SSSR count). The van der Waals surface area contributed by atoms with Crippen molar-refractivity contribution < 1.29 is 9.53 Å². The fourth-order valence-corrected chi connectivity index (χ4v) is 6.25. The molecule has 0 aliphatic carbocycles. The van der Waals surface area contributed by atoms with Crippen LogP contribution in [-0.4, -0.2) is 59.5 Å². The Balaban J connectivity index is 1.42. The number of amides is 1. The van der Waals surface area contributed by atoms with Gasteiger partial charge in [-0.25, -0.2) is 0 Å². The molecule has 1 amide bonds. The largest absolute Gasteiger partial charge is 0.497 e. The van der Waals surface area contributed by atoms with Crippen molar-refractivity contribution in [3.8, 4) is 5.75 Å². The minimum absolute atomic E-state index is 0.157. The zero-order valence-corrected chi connectivity index (χ0v) is 18.7. The van der Waals surface area contributed by atoms with E-state index in [1.54, 1.807) is 19.5 Å². The number of aryl methyl sites for hydroxylation is 1. The van der Waals surface area contributed by atoms with Crippen LogP contribution in [0.15, 0.2) is 42.7 Å². The lowest BCUT2D eigenvalue weighted by Gasteiger charge is -2.57. The molecule has 3 aliphatic heterocycles. The van der Waals surface area contributed by atoms with Crippen LogP contribution in [0.3, 0.4) is 0 Å². The molecule has 1 aromatic heterocycles. The van der Waals surface area contributed by atoms with Gasteiger partial charge in [0.15, 0.2) is 0 Å². The molecule has 1 aromatic carbocycles. The molecule has 0 radical (unpaired) electrons. The first-order chi connectivity index (χ1) is 15.1. The monoisotopic (exact) mass is 419 g/mol. The quantitative estimate of drug-likeness (QED) is 0.753. The molecule has 3 saturated heterocycles. The second-order valence-corrected chi connectivity index (χ2v) is 9.58. The van der Waals surface area contributed by atoms with E-state index in [2.05, 4.69) is 33.0 Å². The molecule has 31 heavy (non-hydrogen) atoms. The summed E-state index contributed by atoms with van der Waals surface area (Å²) >= 11 is 0. The van der Waals surface area contributed by atoms with E-state index in [1.807, 2.05) is 19.1 Å². The van der Waals surface area contributed by atoms with Crippen molar-refractivity contribution in [2.75, 3.05) is 26.7 Å². The molecule has 5 nitrogen and oxygen atoms in total. The van der Waals surface area contributed by atoms with Gasteiger partial charge in [-0.1, -0.05) is 18.6 Å². The number of rotatable bonds is 4. The molecule has 0 unspecified atom stereocenters. The summed E-state index contributed by atoms with van der Waals surface area (Å²) in [6.45, 7) is 4.94. The average molecular weight is 420 g/mol. The Morgan fingerprint density at radius 3 is 2.90 bits per heavy atom. The van der Waals surface area contributed by atoms with E-state index < -0.39 is 0 Å². The van der Waals surface area contributed by atoms with Gasteiger partial charge in [-0.2, -0.15) is 0 Å². The fourth-order valence-electron chi connectivity index (χ4n) is 6.25. The van der Waals surface area contributed by atoms with Crippen LogP contribution in [0.25, 0.3) is 0 Å². The number of carbonyl (C=O) groups is 1. The summed E-state index contributed by atoms with van der Waals surface area (Å²) in [5.41, 5.74) is 3.11. The molecule has 3 aliphatic rings. The number of likely N-dealkylation sites (tertiary alicyclic amines) is 1. The highest BCUT2D eigenvalue weighted by atomic mass is 16.5. The summed E-state index contributed by atoms with van der Waals surface area (Å²) in [5.74, 6) is 2.18. The third kappa shape index (κ3) is 3.96. The number of methoxy groups -OCH3 is 1. The van der Waals surface area contributed by atoms with Crippen LogP contribution >= 0.6 is 0 Å². The van der Waals surface area contributed by atoms with Crippen LogP contribution in [0.1, 0.15) is 47.2 Å². The van der Waals surface area contributed by atoms with Crippen LogP contribution in [0.5, 0.6) is 5.75 Å². The first-order valence-electron chi connectivity index (χ1n) is 11.7. The number of aromatic nitrogens is 1. The van der Waals surface area contributed by atoms with E-state index in [9.17, 15) is 4.79 Å². The van der Waals surface area contributed by atoms with Crippen molar-refractivity contribution in [3.63, 3.8) is 0 Å². The topological polar surface area (TPSA) is 45.7 Å².